The average molecular weight is 340 g/mol. The molecule has 1 heterocycles. The van der Waals surface area contributed by atoms with Gasteiger partial charge >= 0.3 is 0 Å². The highest BCUT2D eigenvalue weighted by molar-refractivity contribution is 7.80. The molecule has 0 aromatic heterocycles. The Hall–Kier alpha value is -2.73. The van der Waals surface area contributed by atoms with Gasteiger partial charge < -0.3 is 15.5 Å². The third-order valence-corrected chi connectivity index (χ3v) is 4.20. The first-order valence-electron chi connectivity index (χ1n) is 7.44. The second-order valence-electron chi connectivity index (χ2n) is 5.63. The summed E-state index contributed by atoms with van der Waals surface area (Å²) < 4.78 is 0. The van der Waals surface area contributed by atoms with Gasteiger partial charge in [0.25, 0.3) is 0 Å². The van der Waals surface area contributed by atoms with E-state index in [0.717, 1.165) is 5.56 Å². The van der Waals surface area contributed by atoms with Gasteiger partial charge in [0.05, 0.1) is 17.7 Å². The van der Waals surface area contributed by atoms with Gasteiger partial charge in [0, 0.05) is 0 Å². The lowest BCUT2D eigenvalue weighted by Crippen LogP contribution is -2.44. The Morgan fingerprint density at radius 1 is 1.12 bits per heavy atom. The molecule has 24 heavy (non-hydrogen) atoms. The van der Waals surface area contributed by atoms with E-state index in [0.29, 0.717) is 11.3 Å². The van der Waals surface area contributed by atoms with Crippen molar-refractivity contribution in [2.75, 3.05) is 0 Å². The van der Waals surface area contributed by atoms with E-state index in [4.69, 9.17) is 12.2 Å². The lowest BCUT2D eigenvalue weighted by atomic mass is 9.82. The first-order valence-corrected chi connectivity index (χ1v) is 7.85. The number of phenols is 2. The number of aromatic hydroxyl groups is 2. The van der Waals surface area contributed by atoms with Crippen LogP contribution in [0.3, 0.4) is 0 Å². The van der Waals surface area contributed by atoms with Crippen LogP contribution in [0, 0.1) is 5.92 Å². The molecular formula is C18H16N2O3S. The predicted octanol–water partition coefficient (Wildman–Crippen LogP) is 2.72. The number of Topliss-reactive ketones (excluding diaryl/α,β-unsaturated/α-hetero) is 1. The summed E-state index contributed by atoms with van der Waals surface area (Å²) in [6.45, 7) is 1.51. The van der Waals surface area contributed by atoms with Crippen LogP contribution in [-0.2, 0) is 4.79 Å². The van der Waals surface area contributed by atoms with Gasteiger partial charge in [-0.05, 0) is 42.4 Å². The van der Waals surface area contributed by atoms with Crippen LogP contribution in [0.5, 0.6) is 11.5 Å². The maximum atomic E-state index is 12.3. The molecule has 0 aliphatic carbocycles. The average Bonchev–Trinajstić information content (AvgIpc) is 2.57. The van der Waals surface area contributed by atoms with Crippen molar-refractivity contribution < 1.29 is 15.0 Å². The summed E-state index contributed by atoms with van der Waals surface area (Å²) in [5, 5.41) is 22.6. The zero-order chi connectivity index (χ0) is 17.3. The standard InChI is InChI=1S/C18H16N2O3S/c1-10(21)15-16(11-5-3-2-4-6-11)19-18(24)20-17(15)12-7-8-13(22)14(23)9-12/h2-9,15,17,22-23H,1H3,(H,20,24). The minimum atomic E-state index is -0.553. The Bertz CT molecular complexity index is 833. The van der Waals surface area contributed by atoms with E-state index in [1.165, 1.54) is 19.1 Å². The molecule has 6 heteroatoms. The fraction of sp³-hybridized carbons (Fsp3) is 0.167. The van der Waals surface area contributed by atoms with Crippen LogP contribution < -0.4 is 5.32 Å². The molecule has 0 spiro atoms. The van der Waals surface area contributed by atoms with Crippen LogP contribution in [0.25, 0.3) is 0 Å². The molecule has 2 unspecified atom stereocenters. The molecule has 0 fully saturated rings. The largest absolute Gasteiger partial charge is 0.504 e. The molecule has 0 saturated carbocycles. The molecule has 0 bridgehead atoms. The monoisotopic (exact) mass is 340 g/mol. The smallest absolute Gasteiger partial charge is 0.193 e. The molecular weight excluding hydrogens is 324 g/mol. The minimum absolute atomic E-state index is 0.0647. The van der Waals surface area contributed by atoms with Gasteiger partial charge in [-0.25, -0.2) is 4.99 Å². The van der Waals surface area contributed by atoms with E-state index in [2.05, 4.69) is 10.3 Å². The zero-order valence-electron chi connectivity index (χ0n) is 12.9. The number of aliphatic imine (C=N–C) groups is 1. The third kappa shape index (κ3) is 3.00. The van der Waals surface area contributed by atoms with E-state index >= 15 is 0 Å². The number of benzene rings is 2. The van der Waals surface area contributed by atoms with Crippen LogP contribution >= 0.6 is 12.2 Å². The molecule has 1 aliphatic rings. The van der Waals surface area contributed by atoms with Crippen LogP contribution in [0.15, 0.2) is 53.5 Å². The zero-order valence-corrected chi connectivity index (χ0v) is 13.7. The van der Waals surface area contributed by atoms with Crippen LogP contribution in [0.1, 0.15) is 24.1 Å². The molecule has 5 nitrogen and oxygen atoms in total. The maximum Gasteiger partial charge on any atom is 0.193 e. The van der Waals surface area contributed by atoms with Gasteiger partial charge in [0.1, 0.15) is 5.78 Å². The summed E-state index contributed by atoms with van der Waals surface area (Å²) in [6, 6.07) is 13.4. The van der Waals surface area contributed by atoms with Crippen molar-refractivity contribution in [2.45, 2.75) is 13.0 Å². The Balaban J connectivity index is 2.10. The summed E-state index contributed by atoms with van der Waals surface area (Å²) in [5.41, 5.74) is 2.08. The summed E-state index contributed by atoms with van der Waals surface area (Å²) in [4.78, 5) is 16.7. The number of carbonyl (C=O) groups is 1. The molecule has 2 aromatic carbocycles. The summed E-state index contributed by atoms with van der Waals surface area (Å²) in [5.74, 6) is -1.08. The number of ketones is 1. The number of rotatable bonds is 3. The predicted molar refractivity (Wildman–Crippen MR) is 95.4 cm³/mol. The molecule has 1 aliphatic heterocycles. The number of hydrogen-bond acceptors (Lipinski definition) is 4. The first kappa shape index (κ1) is 16.1. The van der Waals surface area contributed by atoms with Crippen LogP contribution in [-0.4, -0.2) is 26.8 Å². The molecule has 3 rings (SSSR count). The summed E-state index contributed by atoms with van der Waals surface area (Å²) in [6.07, 6.45) is 0. The number of nitrogens with one attached hydrogen (secondary N) is 1. The topological polar surface area (TPSA) is 81.9 Å². The fourth-order valence-corrected chi connectivity index (χ4v) is 3.10. The van der Waals surface area contributed by atoms with Gasteiger partial charge in [-0.2, -0.15) is 0 Å². The Kier molecular flexibility index (Phi) is 4.31. The van der Waals surface area contributed by atoms with Crippen molar-refractivity contribution >= 4 is 28.8 Å². The fourth-order valence-electron chi connectivity index (χ4n) is 2.88. The summed E-state index contributed by atoms with van der Waals surface area (Å²) >= 11 is 5.24. The second kappa shape index (κ2) is 6.41. The van der Waals surface area contributed by atoms with Crippen molar-refractivity contribution in [3.05, 3.63) is 59.7 Å². The molecule has 2 atom stereocenters. The van der Waals surface area contributed by atoms with E-state index < -0.39 is 12.0 Å². The lowest BCUT2D eigenvalue weighted by Gasteiger charge is -2.32. The van der Waals surface area contributed by atoms with E-state index in [1.807, 2.05) is 30.3 Å². The van der Waals surface area contributed by atoms with Crippen molar-refractivity contribution in [1.82, 2.24) is 5.32 Å². The van der Waals surface area contributed by atoms with E-state index in [1.54, 1.807) is 6.07 Å². The first-order chi connectivity index (χ1) is 11.5. The molecule has 0 saturated heterocycles. The molecule has 3 N–H and O–H groups in total. The van der Waals surface area contributed by atoms with Gasteiger partial charge in [-0.1, -0.05) is 36.4 Å². The molecule has 122 valence electrons. The highest BCUT2D eigenvalue weighted by Crippen LogP contribution is 2.34. The molecule has 0 amide bonds. The minimum Gasteiger partial charge on any atom is -0.504 e. The Morgan fingerprint density at radius 2 is 1.83 bits per heavy atom. The van der Waals surface area contributed by atoms with Crippen molar-refractivity contribution in [1.29, 1.82) is 0 Å². The number of carbonyl (C=O) groups excluding carboxylic acids is 1. The van der Waals surface area contributed by atoms with Gasteiger partial charge in [0.2, 0.25) is 0 Å². The Labute approximate surface area is 144 Å². The number of thiocarbonyl (C=S) groups is 1. The normalized spacial score (nSPS) is 20.2. The number of phenolic OH excluding ortho intramolecular Hbond substituents is 2. The SMILES string of the molecule is CC(=O)C1C(c2ccccc2)=NC(=S)NC1c1ccc(O)c(O)c1. The molecule has 2 aromatic rings. The highest BCUT2D eigenvalue weighted by Gasteiger charge is 2.36. The van der Waals surface area contributed by atoms with Gasteiger partial charge in [0.15, 0.2) is 16.6 Å². The second-order valence-corrected chi connectivity index (χ2v) is 6.01. The van der Waals surface area contributed by atoms with Crippen molar-refractivity contribution in [3.8, 4) is 11.5 Å². The maximum absolute atomic E-state index is 12.3. The quantitative estimate of drug-likeness (QED) is 0.591. The van der Waals surface area contributed by atoms with Crippen LogP contribution in [0.2, 0.25) is 0 Å². The lowest BCUT2D eigenvalue weighted by molar-refractivity contribution is -0.119. The third-order valence-electron chi connectivity index (χ3n) is 4.00. The van der Waals surface area contributed by atoms with Crippen LogP contribution in [0.4, 0.5) is 0 Å². The van der Waals surface area contributed by atoms with E-state index in [9.17, 15) is 15.0 Å². The van der Waals surface area contributed by atoms with Gasteiger partial charge in [-0.3, -0.25) is 4.79 Å². The van der Waals surface area contributed by atoms with Crippen molar-refractivity contribution in [2.24, 2.45) is 10.9 Å². The molecule has 0 radical (unpaired) electrons. The van der Waals surface area contributed by atoms with Crippen molar-refractivity contribution in [3.63, 3.8) is 0 Å². The number of nitrogens with zero attached hydrogens (tertiary/aromatic N) is 1. The van der Waals surface area contributed by atoms with Gasteiger partial charge in [-0.15, -0.1) is 0 Å². The number of hydrogen-bond donors (Lipinski definition) is 3. The summed E-state index contributed by atoms with van der Waals surface area (Å²) in [7, 11) is 0. The Morgan fingerprint density at radius 3 is 2.46 bits per heavy atom. The highest BCUT2D eigenvalue weighted by atomic mass is 32.1. The van der Waals surface area contributed by atoms with E-state index in [-0.39, 0.29) is 22.4 Å².